The molecule has 0 aliphatic heterocycles. The Morgan fingerprint density at radius 1 is 1.33 bits per heavy atom. The summed E-state index contributed by atoms with van der Waals surface area (Å²) in [6.45, 7) is 6.87. The van der Waals surface area contributed by atoms with Crippen LogP contribution in [0.4, 0.5) is 4.79 Å². The van der Waals surface area contributed by atoms with Gasteiger partial charge in [-0.1, -0.05) is 6.92 Å². The Bertz CT molecular complexity index is 118. The summed E-state index contributed by atoms with van der Waals surface area (Å²) >= 11 is 0. The summed E-state index contributed by atoms with van der Waals surface area (Å²) in [4.78, 5) is 10.7. The number of nitrogens with one attached hydrogen (secondary N) is 2. The average molecular weight is 174 g/mol. The number of ether oxygens (including phenoxy) is 1. The number of carbonyl (C=O) groups excluding carboxylic acids is 1. The number of rotatable bonds is 6. The third kappa shape index (κ3) is 7.34. The molecule has 72 valence electrons. The molecule has 0 unspecified atom stereocenters. The van der Waals surface area contributed by atoms with E-state index in [0.29, 0.717) is 13.2 Å². The van der Waals surface area contributed by atoms with Crippen LogP contribution in [0, 0.1) is 0 Å². The second-order valence-corrected chi connectivity index (χ2v) is 2.37. The van der Waals surface area contributed by atoms with E-state index < -0.39 is 0 Å². The van der Waals surface area contributed by atoms with Crippen molar-refractivity contribution in [3.8, 4) is 0 Å². The molecule has 0 aromatic carbocycles. The molecule has 2 N–H and O–H groups in total. The summed E-state index contributed by atoms with van der Waals surface area (Å²) in [7, 11) is 0. The van der Waals surface area contributed by atoms with Gasteiger partial charge in [0.25, 0.3) is 0 Å². The van der Waals surface area contributed by atoms with Crippen molar-refractivity contribution in [3.05, 3.63) is 0 Å². The van der Waals surface area contributed by atoms with E-state index in [4.69, 9.17) is 4.74 Å². The Labute approximate surface area is 73.7 Å². The van der Waals surface area contributed by atoms with Gasteiger partial charge in [-0.05, 0) is 26.4 Å². The Hall–Kier alpha value is -0.770. The molecule has 0 aliphatic carbocycles. The first-order valence-electron chi connectivity index (χ1n) is 4.42. The second-order valence-electron chi connectivity index (χ2n) is 2.37. The Balaban J connectivity index is 3.03. The molecule has 4 heteroatoms. The Morgan fingerprint density at radius 3 is 2.67 bits per heavy atom. The molecule has 0 radical (unpaired) electrons. The summed E-state index contributed by atoms with van der Waals surface area (Å²) in [5.74, 6) is 0. The molecule has 0 atom stereocenters. The molecule has 0 heterocycles. The van der Waals surface area contributed by atoms with Gasteiger partial charge < -0.3 is 15.4 Å². The van der Waals surface area contributed by atoms with Crippen molar-refractivity contribution in [1.82, 2.24) is 10.6 Å². The lowest BCUT2D eigenvalue weighted by Crippen LogP contribution is -2.25. The van der Waals surface area contributed by atoms with Crippen molar-refractivity contribution in [2.45, 2.75) is 20.3 Å². The zero-order valence-electron chi connectivity index (χ0n) is 7.85. The van der Waals surface area contributed by atoms with Gasteiger partial charge in [-0.15, -0.1) is 0 Å². The first-order chi connectivity index (χ1) is 5.81. The van der Waals surface area contributed by atoms with E-state index in [2.05, 4.69) is 10.6 Å². The lowest BCUT2D eigenvalue weighted by molar-refractivity contribution is 0.145. The number of alkyl carbamates (subject to hydrolysis) is 1. The molecule has 0 spiro atoms. The van der Waals surface area contributed by atoms with Gasteiger partial charge in [-0.3, -0.25) is 0 Å². The predicted octanol–water partition coefficient (Wildman–Crippen LogP) is 0.732. The molecule has 0 aromatic heterocycles. The zero-order chi connectivity index (χ0) is 9.23. The van der Waals surface area contributed by atoms with E-state index in [1.165, 1.54) is 0 Å². The van der Waals surface area contributed by atoms with Crippen molar-refractivity contribution >= 4 is 6.09 Å². The van der Waals surface area contributed by atoms with Crippen molar-refractivity contribution in [2.75, 3.05) is 26.2 Å². The van der Waals surface area contributed by atoms with Crippen molar-refractivity contribution in [2.24, 2.45) is 0 Å². The molecule has 0 bridgehead atoms. The second kappa shape index (κ2) is 8.33. The summed E-state index contributed by atoms with van der Waals surface area (Å²) in [6.07, 6.45) is 0.541. The van der Waals surface area contributed by atoms with Gasteiger partial charge in [-0.25, -0.2) is 4.79 Å². The molecule has 0 fully saturated rings. The molecule has 0 aromatic rings. The van der Waals surface area contributed by atoms with Gasteiger partial charge in [0, 0.05) is 6.54 Å². The average Bonchev–Trinajstić information content (AvgIpc) is 2.05. The van der Waals surface area contributed by atoms with E-state index in [0.717, 1.165) is 19.5 Å². The Morgan fingerprint density at radius 2 is 2.08 bits per heavy atom. The van der Waals surface area contributed by atoms with Crippen molar-refractivity contribution in [1.29, 1.82) is 0 Å². The van der Waals surface area contributed by atoms with Crippen LogP contribution in [-0.4, -0.2) is 32.3 Å². The molecule has 0 saturated carbocycles. The van der Waals surface area contributed by atoms with Crippen LogP contribution < -0.4 is 10.6 Å². The number of amides is 1. The van der Waals surface area contributed by atoms with E-state index in [1.807, 2.05) is 13.8 Å². The molecule has 1 amide bonds. The Kier molecular flexibility index (Phi) is 7.79. The third-order valence-corrected chi connectivity index (χ3v) is 1.30. The highest BCUT2D eigenvalue weighted by Crippen LogP contribution is 1.81. The fourth-order valence-corrected chi connectivity index (χ4v) is 0.734. The van der Waals surface area contributed by atoms with Crippen LogP contribution in [0.25, 0.3) is 0 Å². The first-order valence-corrected chi connectivity index (χ1v) is 4.42. The topological polar surface area (TPSA) is 50.4 Å². The minimum Gasteiger partial charge on any atom is -0.450 e. The molecular weight excluding hydrogens is 156 g/mol. The van der Waals surface area contributed by atoms with E-state index in [9.17, 15) is 4.79 Å². The number of hydrogen-bond donors (Lipinski definition) is 2. The van der Waals surface area contributed by atoms with E-state index in [1.54, 1.807) is 0 Å². The fraction of sp³-hybridized carbons (Fsp3) is 0.875. The largest absolute Gasteiger partial charge is 0.450 e. The van der Waals surface area contributed by atoms with Crippen LogP contribution in [0.3, 0.4) is 0 Å². The zero-order valence-corrected chi connectivity index (χ0v) is 7.85. The van der Waals surface area contributed by atoms with E-state index in [-0.39, 0.29) is 6.09 Å². The normalized spacial score (nSPS) is 9.50. The maximum atomic E-state index is 10.7. The van der Waals surface area contributed by atoms with Gasteiger partial charge in [0.2, 0.25) is 0 Å². The summed E-state index contributed by atoms with van der Waals surface area (Å²) in [6, 6.07) is 0. The molecule has 0 rings (SSSR count). The summed E-state index contributed by atoms with van der Waals surface area (Å²) in [5, 5.41) is 5.70. The van der Waals surface area contributed by atoms with Crippen LogP contribution in [0.15, 0.2) is 0 Å². The molecule has 4 nitrogen and oxygen atoms in total. The lowest BCUT2D eigenvalue weighted by atomic mass is 10.4. The predicted molar refractivity (Wildman–Crippen MR) is 48.2 cm³/mol. The van der Waals surface area contributed by atoms with Gasteiger partial charge in [0.15, 0.2) is 0 Å². The monoisotopic (exact) mass is 174 g/mol. The molecule has 0 saturated heterocycles. The standard InChI is InChI=1S/C8H18N2O2/c1-3-9-6-5-7-12-8(11)10-4-2/h9H,3-7H2,1-2H3,(H,10,11). The summed E-state index contributed by atoms with van der Waals surface area (Å²) in [5.41, 5.74) is 0. The number of hydrogen-bond acceptors (Lipinski definition) is 3. The third-order valence-electron chi connectivity index (χ3n) is 1.30. The van der Waals surface area contributed by atoms with Crippen LogP contribution in [-0.2, 0) is 4.74 Å². The van der Waals surface area contributed by atoms with Gasteiger partial charge in [0.05, 0.1) is 6.61 Å². The highest BCUT2D eigenvalue weighted by atomic mass is 16.5. The molecule has 0 aliphatic rings. The highest BCUT2D eigenvalue weighted by molar-refractivity contribution is 5.66. The van der Waals surface area contributed by atoms with Crippen LogP contribution in [0.2, 0.25) is 0 Å². The molecule has 12 heavy (non-hydrogen) atoms. The maximum absolute atomic E-state index is 10.7. The lowest BCUT2D eigenvalue weighted by Gasteiger charge is -2.04. The number of carbonyl (C=O) groups is 1. The minimum absolute atomic E-state index is 0.325. The van der Waals surface area contributed by atoms with Crippen molar-refractivity contribution in [3.63, 3.8) is 0 Å². The van der Waals surface area contributed by atoms with Crippen LogP contribution in [0.5, 0.6) is 0 Å². The molecular formula is C8H18N2O2. The minimum atomic E-state index is -0.325. The fourth-order valence-electron chi connectivity index (χ4n) is 0.734. The van der Waals surface area contributed by atoms with E-state index >= 15 is 0 Å². The van der Waals surface area contributed by atoms with Gasteiger partial charge in [-0.2, -0.15) is 0 Å². The highest BCUT2D eigenvalue weighted by Gasteiger charge is 1.96. The SMILES string of the molecule is CCNCCCOC(=O)NCC. The van der Waals surface area contributed by atoms with Gasteiger partial charge >= 0.3 is 6.09 Å². The summed E-state index contributed by atoms with van der Waals surface area (Å²) < 4.78 is 4.84. The maximum Gasteiger partial charge on any atom is 0.407 e. The van der Waals surface area contributed by atoms with Crippen LogP contribution in [0.1, 0.15) is 20.3 Å². The quantitative estimate of drug-likeness (QED) is 0.584. The van der Waals surface area contributed by atoms with Gasteiger partial charge in [0.1, 0.15) is 0 Å². The van der Waals surface area contributed by atoms with Crippen molar-refractivity contribution < 1.29 is 9.53 Å². The van der Waals surface area contributed by atoms with Crippen LogP contribution >= 0.6 is 0 Å². The smallest absolute Gasteiger partial charge is 0.407 e. The first kappa shape index (κ1) is 11.2.